The van der Waals surface area contributed by atoms with E-state index in [4.69, 9.17) is 15.3 Å². The van der Waals surface area contributed by atoms with E-state index in [1.165, 1.54) is 0 Å². The van der Waals surface area contributed by atoms with Crippen LogP contribution in [0.3, 0.4) is 0 Å². The smallest absolute Gasteiger partial charge is 0.407 e. The van der Waals surface area contributed by atoms with Crippen LogP contribution in [-0.4, -0.2) is 36.0 Å². The van der Waals surface area contributed by atoms with Gasteiger partial charge in [-0.15, -0.1) is 0 Å². The fourth-order valence-corrected chi connectivity index (χ4v) is 1.19. The van der Waals surface area contributed by atoms with Crippen molar-refractivity contribution in [1.29, 1.82) is 0 Å². The van der Waals surface area contributed by atoms with Gasteiger partial charge < -0.3 is 20.6 Å². The van der Waals surface area contributed by atoms with Gasteiger partial charge in [0.05, 0.1) is 6.54 Å². The van der Waals surface area contributed by atoms with Gasteiger partial charge in [0.15, 0.2) is 6.10 Å². The Balaban J connectivity index is 2.26. The van der Waals surface area contributed by atoms with Crippen LogP contribution in [0.1, 0.15) is 27.2 Å². The van der Waals surface area contributed by atoms with E-state index in [1.807, 2.05) is 0 Å². The fourth-order valence-electron chi connectivity index (χ4n) is 1.19. The number of nitrogens with two attached hydrogens (primary N) is 1. The quantitative estimate of drug-likeness (QED) is 0.735. The highest BCUT2D eigenvalue weighted by Crippen LogP contribution is 2.10. The lowest BCUT2D eigenvalue weighted by molar-refractivity contribution is -0.112. The van der Waals surface area contributed by atoms with Crippen LogP contribution < -0.4 is 11.1 Å². The van der Waals surface area contributed by atoms with Crippen molar-refractivity contribution in [2.75, 3.05) is 6.54 Å². The van der Waals surface area contributed by atoms with Crippen LogP contribution in [0.5, 0.6) is 0 Å². The van der Waals surface area contributed by atoms with Gasteiger partial charge in [0.2, 0.25) is 0 Å². The number of rotatable bonds is 3. The highest BCUT2D eigenvalue weighted by Gasteiger charge is 2.25. The van der Waals surface area contributed by atoms with Crippen molar-refractivity contribution in [3.63, 3.8) is 0 Å². The molecule has 1 aliphatic heterocycles. The minimum atomic E-state index is -0.607. The summed E-state index contributed by atoms with van der Waals surface area (Å²) >= 11 is 0. The van der Waals surface area contributed by atoms with Crippen molar-refractivity contribution in [2.24, 2.45) is 10.9 Å². The van der Waals surface area contributed by atoms with Gasteiger partial charge in [0.1, 0.15) is 11.3 Å². The number of carbonyl (C=O) groups is 2. The van der Waals surface area contributed by atoms with Crippen molar-refractivity contribution in [2.45, 2.75) is 38.9 Å². The van der Waals surface area contributed by atoms with Gasteiger partial charge in [-0.25, -0.2) is 4.79 Å². The van der Waals surface area contributed by atoms with Gasteiger partial charge in [-0.05, 0) is 20.8 Å². The summed E-state index contributed by atoms with van der Waals surface area (Å²) < 4.78 is 5.04. The molecule has 0 aromatic carbocycles. The normalized spacial score (nSPS) is 19.2. The van der Waals surface area contributed by atoms with E-state index in [0.717, 1.165) is 0 Å². The maximum atomic E-state index is 11.3. The Hall–Kier alpha value is -1.79. The molecule has 1 unspecified atom stereocenters. The Labute approximate surface area is 99.3 Å². The number of oxime groups is 1. The predicted molar refractivity (Wildman–Crippen MR) is 60.4 cm³/mol. The Morgan fingerprint density at radius 2 is 2.24 bits per heavy atom. The largest absolute Gasteiger partial charge is 0.444 e. The summed E-state index contributed by atoms with van der Waals surface area (Å²) in [6, 6.07) is 0. The van der Waals surface area contributed by atoms with E-state index in [-0.39, 0.29) is 18.4 Å². The zero-order valence-corrected chi connectivity index (χ0v) is 10.1. The molecule has 1 rings (SSSR count). The minimum Gasteiger partial charge on any atom is -0.444 e. The molecule has 1 aliphatic rings. The maximum Gasteiger partial charge on any atom is 0.407 e. The number of ether oxygens (including phenoxy) is 1. The summed E-state index contributed by atoms with van der Waals surface area (Å²) in [5.41, 5.74) is 4.67. The van der Waals surface area contributed by atoms with Crippen LogP contribution in [0.4, 0.5) is 4.79 Å². The van der Waals surface area contributed by atoms with Crippen molar-refractivity contribution < 1.29 is 19.2 Å². The molecule has 7 nitrogen and oxygen atoms in total. The number of nitrogens with one attached hydrogen (secondary N) is 1. The van der Waals surface area contributed by atoms with Gasteiger partial charge in [0.25, 0.3) is 5.91 Å². The first kappa shape index (κ1) is 13.3. The zero-order valence-electron chi connectivity index (χ0n) is 10.1. The average Bonchev–Trinajstić information content (AvgIpc) is 2.60. The monoisotopic (exact) mass is 243 g/mol. The summed E-state index contributed by atoms with van der Waals surface area (Å²) in [5.74, 6) is -0.607. The second-order valence-electron chi connectivity index (χ2n) is 4.72. The third-order valence-electron chi connectivity index (χ3n) is 1.89. The molecule has 0 aromatic heterocycles. The van der Waals surface area contributed by atoms with E-state index >= 15 is 0 Å². The van der Waals surface area contributed by atoms with Crippen molar-refractivity contribution in [3.05, 3.63) is 0 Å². The highest BCUT2D eigenvalue weighted by atomic mass is 16.6. The standard InChI is InChI=1S/C10H17N3O4/c1-10(2,3)16-9(15)12-5-6-4-7(8(11)14)13-17-6/h6H,4-5H2,1-3H3,(H2,11,14)(H,12,15). The minimum absolute atomic E-state index is 0.181. The molecule has 0 bridgehead atoms. The van der Waals surface area contributed by atoms with Gasteiger partial charge >= 0.3 is 6.09 Å². The van der Waals surface area contributed by atoms with Crippen LogP contribution in [-0.2, 0) is 14.4 Å². The van der Waals surface area contributed by atoms with E-state index in [1.54, 1.807) is 20.8 Å². The molecular weight excluding hydrogens is 226 g/mol. The van der Waals surface area contributed by atoms with Crippen molar-refractivity contribution >= 4 is 17.7 Å². The van der Waals surface area contributed by atoms with Gasteiger partial charge in [-0.2, -0.15) is 0 Å². The molecule has 0 aromatic rings. The molecule has 96 valence electrons. The average molecular weight is 243 g/mol. The molecule has 7 heteroatoms. The molecule has 17 heavy (non-hydrogen) atoms. The van der Waals surface area contributed by atoms with Crippen molar-refractivity contribution in [1.82, 2.24) is 5.32 Å². The van der Waals surface area contributed by atoms with E-state index in [0.29, 0.717) is 6.42 Å². The molecule has 1 heterocycles. The molecule has 0 fully saturated rings. The zero-order chi connectivity index (χ0) is 13.1. The van der Waals surface area contributed by atoms with Crippen LogP contribution >= 0.6 is 0 Å². The van der Waals surface area contributed by atoms with Crippen LogP contribution in [0.25, 0.3) is 0 Å². The maximum absolute atomic E-state index is 11.3. The fraction of sp³-hybridized carbons (Fsp3) is 0.700. The van der Waals surface area contributed by atoms with Crippen LogP contribution in [0, 0.1) is 0 Å². The molecular formula is C10H17N3O4. The van der Waals surface area contributed by atoms with Gasteiger partial charge in [-0.3, -0.25) is 4.79 Å². The number of hydrogen-bond donors (Lipinski definition) is 2. The summed E-state index contributed by atoms with van der Waals surface area (Å²) in [4.78, 5) is 27.0. The summed E-state index contributed by atoms with van der Waals surface area (Å²) in [6.45, 7) is 5.53. The number of primary amides is 1. The number of amides is 2. The second kappa shape index (κ2) is 5.03. The van der Waals surface area contributed by atoms with E-state index < -0.39 is 17.6 Å². The highest BCUT2D eigenvalue weighted by molar-refractivity contribution is 6.38. The van der Waals surface area contributed by atoms with Crippen LogP contribution in [0.15, 0.2) is 5.16 Å². The molecule has 0 saturated heterocycles. The summed E-state index contributed by atoms with van der Waals surface area (Å²) in [7, 11) is 0. The molecule has 0 aliphatic carbocycles. The lowest BCUT2D eigenvalue weighted by Gasteiger charge is -2.20. The molecule has 0 radical (unpaired) electrons. The first-order valence-corrected chi connectivity index (χ1v) is 5.27. The van der Waals surface area contributed by atoms with Gasteiger partial charge in [0, 0.05) is 6.42 Å². The van der Waals surface area contributed by atoms with E-state index in [9.17, 15) is 9.59 Å². The SMILES string of the molecule is CC(C)(C)OC(=O)NCC1CC(C(N)=O)=NO1. The first-order valence-electron chi connectivity index (χ1n) is 5.27. The lowest BCUT2D eigenvalue weighted by Crippen LogP contribution is -2.37. The summed E-state index contributed by atoms with van der Waals surface area (Å²) in [5, 5.41) is 6.05. The Kier molecular flexibility index (Phi) is 3.93. The van der Waals surface area contributed by atoms with Crippen LogP contribution in [0.2, 0.25) is 0 Å². The second-order valence-corrected chi connectivity index (χ2v) is 4.72. The molecule has 0 saturated carbocycles. The Bertz CT molecular complexity index is 346. The molecule has 1 atom stereocenters. The lowest BCUT2D eigenvalue weighted by atomic mass is 10.2. The number of carbonyl (C=O) groups excluding carboxylic acids is 2. The Morgan fingerprint density at radius 1 is 1.59 bits per heavy atom. The first-order chi connectivity index (χ1) is 7.78. The molecule has 3 N–H and O–H groups in total. The molecule has 0 spiro atoms. The number of alkyl carbamates (subject to hydrolysis) is 1. The number of hydrogen-bond acceptors (Lipinski definition) is 5. The van der Waals surface area contributed by atoms with E-state index in [2.05, 4.69) is 10.5 Å². The third-order valence-corrected chi connectivity index (χ3v) is 1.89. The third kappa shape index (κ3) is 4.71. The van der Waals surface area contributed by atoms with Crippen molar-refractivity contribution in [3.8, 4) is 0 Å². The number of nitrogens with zero attached hydrogens (tertiary/aromatic N) is 1. The van der Waals surface area contributed by atoms with Gasteiger partial charge in [-0.1, -0.05) is 5.16 Å². The Morgan fingerprint density at radius 3 is 2.71 bits per heavy atom. The topological polar surface area (TPSA) is 103 Å². The summed E-state index contributed by atoms with van der Waals surface area (Å²) in [6.07, 6.45) is -0.607. The molecule has 2 amide bonds. The predicted octanol–water partition coefficient (Wildman–Crippen LogP) is 0.141.